The van der Waals surface area contributed by atoms with Crippen LogP contribution in [0.2, 0.25) is 9.36 Å². The highest BCUT2D eigenvalue weighted by atomic mass is 35.5. The Labute approximate surface area is 144 Å². The maximum Gasteiger partial charge on any atom is 0.416 e. The molecule has 9 heteroatoms. The lowest BCUT2D eigenvalue weighted by atomic mass is 10.2. The molecular weight excluding hydrogens is 370 g/mol. The molecule has 0 atom stereocenters. The number of thiophene rings is 1. The highest BCUT2D eigenvalue weighted by molar-refractivity contribution is 7.15. The highest BCUT2D eigenvalue weighted by Crippen LogP contribution is 2.37. The number of alkyl halides is 3. The van der Waals surface area contributed by atoms with Gasteiger partial charge in [-0.3, -0.25) is 0 Å². The van der Waals surface area contributed by atoms with E-state index < -0.39 is 11.7 Å². The smallest absolute Gasteiger partial charge is 0.324 e. The Bertz CT molecular complexity index is 835. The number of rotatable bonds is 2. The van der Waals surface area contributed by atoms with Gasteiger partial charge in [-0.05, 0) is 30.0 Å². The first-order chi connectivity index (χ1) is 10.3. The van der Waals surface area contributed by atoms with Crippen LogP contribution in [0.25, 0.3) is 11.0 Å². The molecule has 124 valence electrons. The molecule has 0 spiro atoms. The van der Waals surface area contributed by atoms with Crippen LogP contribution in [0.1, 0.15) is 18.6 Å². The number of aromatic amines is 1. The maximum atomic E-state index is 12.8. The number of halogens is 5. The number of aromatic nitrogens is 2. The van der Waals surface area contributed by atoms with Crippen LogP contribution in [0.15, 0.2) is 17.5 Å². The van der Waals surface area contributed by atoms with Crippen LogP contribution in [0.4, 0.5) is 24.8 Å². The molecule has 0 aliphatic heterocycles. The molecule has 0 saturated carbocycles. The molecule has 2 N–H and O–H groups in total. The van der Waals surface area contributed by atoms with Gasteiger partial charge in [-0.15, -0.1) is 11.3 Å². The van der Waals surface area contributed by atoms with Crippen molar-refractivity contribution in [1.29, 1.82) is 0 Å². The third-order valence-corrected chi connectivity index (χ3v) is 4.67. The molecule has 0 aliphatic carbocycles. The highest BCUT2D eigenvalue weighted by Gasteiger charge is 2.31. The van der Waals surface area contributed by atoms with E-state index in [1.807, 2.05) is 12.3 Å². The Kier molecular flexibility index (Phi) is 4.84. The zero-order valence-electron chi connectivity index (χ0n) is 11.0. The van der Waals surface area contributed by atoms with E-state index in [0.717, 1.165) is 17.7 Å². The number of imidazole rings is 1. The molecule has 3 rings (SSSR count). The average molecular weight is 382 g/mol. The summed E-state index contributed by atoms with van der Waals surface area (Å²) in [5.74, 6) is 0.277. The fraction of sp³-hybridized carbons (Fsp3) is 0.214. The topological polar surface area (TPSA) is 40.7 Å². The van der Waals surface area contributed by atoms with Crippen molar-refractivity contribution >= 4 is 57.2 Å². The van der Waals surface area contributed by atoms with E-state index >= 15 is 0 Å². The molecule has 3 aromatic rings. The van der Waals surface area contributed by atoms with E-state index in [2.05, 4.69) is 15.3 Å². The largest absolute Gasteiger partial charge is 0.416 e. The number of hydrogen-bond donors (Lipinski definition) is 2. The van der Waals surface area contributed by atoms with Gasteiger partial charge in [-0.1, -0.05) is 30.6 Å². The summed E-state index contributed by atoms with van der Waals surface area (Å²) in [4.78, 5) is 6.95. The van der Waals surface area contributed by atoms with Crippen molar-refractivity contribution in [1.82, 2.24) is 9.97 Å². The number of aryl methyl sites for hydroxylation is 1. The summed E-state index contributed by atoms with van der Waals surface area (Å²) in [5, 5.41) is 4.76. The van der Waals surface area contributed by atoms with Crippen LogP contribution >= 0.6 is 34.5 Å². The van der Waals surface area contributed by atoms with E-state index in [4.69, 9.17) is 23.2 Å². The molecule has 0 aliphatic rings. The summed E-state index contributed by atoms with van der Waals surface area (Å²) < 4.78 is 38.9. The van der Waals surface area contributed by atoms with Gasteiger partial charge in [0, 0.05) is 0 Å². The molecule has 0 radical (unpaired) electrons. The molecule has 23 heavy (non-hydrogen) atoms. The third kappa shape index (κ3) is 3.41. The summed E-state index contributed by atoms with van der Waals surface area (Å²) in [6.07, 6.45) is -4.47. The van der Waals surface area contributed by atoms with Gasteiger partial charge in [0.05, 0.1) is 21.8 Å². The van der Waals surface area contributed by atoms with Gasteiger partial charge in [0.1, 0.15) is 9.85 Å². The molecule has 0 fully saturated rings. The van der Waals surface area contributed by atoms with Crippen LogP contribution in [0.3, 0.4) is 0 Å². The van der Waals surface area contributed by atoms with Gasteiger partial charge in [0.2, 0.25) is 5.95 Å². The van der Waals surface area contributed by atoms with Crippen LogP contribution in [-0.4, -0.2) is 9.97 Å². The van der Waals surface area contributed by atoms with Gasteiger partial charge < -0.3 is 10.3 Å². The minimum Gasteiger partial charge on any atom is -0.324 e. The summed E-state index contributed by atoms with van der Waals surface area (Å²) in [6.45, 7) is 1.86. The Morgan fingerprint density at radius 2 is 1.96 bits per heavy atom. The number of hydrogen-bond acceptors (Lipinski definition) is 3. The lowest BCUT2D eigenvalue weighted by Crippen LogP contribution is -2.04. The van der Waals surface area contributed by atoms with Crippen molar-refractivity contribution in [2.75, 3.05) is 5.32 Å². The van der Waals surface area contributed by atoms with Gasteiger partial charge in [0.25, 0.3) is 0 Å². The summed E-state index contributed by atoms with van der Waals surface area (Å²) in [5.41, 5.74) is 1.22. The van der Waals surface area contributed by atoms with Crippen molar-refractivity contribution in [3.63, 3.8) is 0 Å². The quantitative estimate of drug-likeness (QED) is 0.522. The minimum absolute atomic E-state index is 0. The molecule has 0 bridgehead atoms. The zero-order valence-corrected chi connectivity index (χ0v) is 13.3. The predicted octanol–water partition coefficient (Wildman–Crippen LogP) is 6.64. The van der Waals surface area contributed by atoms with E-state index in [-0.39, 0.29) is 29.4 Å². The normalized spacial score (nSPS) is 11.6. The maximum absolute atomic E-state index is 12.8. The van der Waals surface area contributed by atoms with Crippen molar-refractivity contribution in [3.8, 4) is 0 Å². The van der Waals surface area contributed by atoms with E-state index in [0.29, 0.717) is 10.0 Å². The molecule has 0 amide bonds. The van der Waals surface area contributed by atoms with Gasteiger partial charge in [-0.2, -0.15) is 13.2 Å². The second kappa shape index (κ2) is 6.22. The lowest BCUT2D eigenvalue weighted by Gasteiger charge is -2.06. The number of fused-ring (bicyclic) bond motifs is 1. The summed E-state index contributed by atoms with van der Waals surface area (Å²) in [7, 11) is 0. The molecule has 1 aromatic carbocycles. The van der Waals surface area contributed by atoms with Crippen molar-refractivity contribution < 1.29 is 13.2 Å². The molecule has 3 nitrogen and oxygen atoms in total. The number of anilines is 2. The Morgan fingerprint density at radius 3 is 2.52 bits per heavy atom. The molecule has 0 saturated heterocycles. The molecular formula is C14H12Cl2F3N3S. The lowest BCUT2D eigenvalue weighted by molar-refractivity contribution is -0.137. The Morgan fingerprint density at radius 1 is 1.26 bits per heavy atom. The van der Waals surface area contributed by atoms with E-state index in [1.165, 1.54) is 11.3 Å². The Balaban J connectivity index is 0.00000192. The third-order valence-electron chi connectivity index (χ3n) is 3.04. The zero-order chi connectivity index (χ0) is 16.1. The number of nitrogens with one attached hydrogen (secondary N) is 2. The number of nitrogens with zero attached hydrogens (tertiary/aromatic N) is 1. The first kappa shape index (κ1) is 17.9. The number of benzene rings is 1. The van der Waals surface area contributed by atoms with Crippen LogP contribution in [0, 0.1) is 6.92 Å². The van der Waals surface area contributed by atoms with Crippen LogP contribution in [-0.2, 0) is 6.18 Å². The monoisotopic (exact) mass is 381 g/mol. The van der Waals surface area contributed by atoms with Gasteiger partial charge >= 0.3 is 6.18 Å². The first-order valence-corrected chi connectivity index (χ1v) is 7.66. The predicted molar refractivity (Wildman–Crippen MR) is 90.2 cm³/mol. The van der Waals surface area contributed by atoms with Crippen molar-refractivity contribution in [2.45, 2.75) is 20.5 Å². The summed E-state index contributed by atoms with van der Waals surface area (Å²) >= 11 is 13.3. The van der Waals surface area contributed by atoms with Crippen LogP contribution in [0.5, 0.6) is 0 Å². The summed E-state index contributed by atoms with van der Waals surface area (Å²) in [6, 6.07) is 1.83. The van der Waals surface area contributed by atoms with E-state index in [1.54, 1.807) is 0 Å². The average Bonchev–Trinajstić information content (AvgIpc) is 2.96. The Hall–Kier alpha value is -1.44. The SMILES string of the molecule is C.Cc1csc(Cl)c1Nc1nc2c(Cl)cc(C(F)(F)F)cc2[nH]1. The first-order valence-electron chi connectivity index (χ1n) is 6.03. The minimum atomic E-state index is -4.47. The fourth-order valence-corrected chi connectivity index (χ4v) is 3.30. The van der Waals surface area contributed by atoms with Gasteiger partial charge in [-0.25, -0.2) is 4.98 Å². The molecule has 2 aromatic heterocycles. The second-order valence-electron chi connectivity index (χ2n) is 4.63. The number of H-pyrrole nitrogens is 1. The van der Waals surface area contributed by atoms with E-state index in [9.17, 15) is 13.2 Å². The van der Waals surface area contributed by atoms with Gasteiger partial charge in [0.15, 0.2) is 0 Å². The van der Waals surface area contributed by atoms with Crippen molar-refractivity contribution in [2.24, 2.45) is 0 Å². The molecule has 2 heterocycles. The fourth-order valence-electron chi connectivity index (χ4n) is 1.98. The van der Waals surface area contributed by atoms with Crippen LogP contribution < -0.4 is 5.32 Å². The molecule has 0 unspecified atom stereocenters. The standard InChI is InChI=1S/C13H8Cl2F3N3S.CH4/c1-5-4-22-11(15)9(5)20-12-19-8-3-6(13(16,17)18)2-7(14)10(8)21-12;/h2-4H,1H3,(H2,19,20,21);1H4. The second-order valence-corrected chi connectivity index (χ2v) is 6.52. The van der Waals surface area contributed by atoms with Crippen molar-refractivity contribution in [3.05, 3.63) is 38.0 Å².